The molecule has 18 bridgehead atoms. The van der Waals surface area contributed by atoms with Gasteiger partial charge in [-0.1, -0.05) is 54.6 Å². The highest BCUT2D eigenvalue weighted by Gasteiger charge is 2.45. The summed E-state index contributed by atoms with van der Waals surface area (Å²) >= 11 is 0. The number of nitro benzene ring substituents is 2. The van der Waals surface area contributed by atoms with Crippen molar-refractivity contribution in [1.29, 1.82) is 0 Å². The van der Waals surface area contributed by atoms with Crippen LogP contribution in [0.25, 0.3) is 0 Å². The van der Waals surface area contributed by atoms with E-state index < -0.39 is 15.9 Å². The third-order valence-electron chi connectivity index (χ3n) is 30.6. The van der Waals surface area contributed by atoms with Crippen molar-refractivity contribution < 1.29 is 80.9 Å². The molecule has 12 aromatic carbocycles. The Morgan fingerprint density at radius 1 is 0.319 bits per heavy atom. The highest BCUT2D eigenvalue weighted by molar-refractivity contribution is 5.74. The van der Waals surface area contributed by atoms with Gasteiger partial charge in [0, 0.05) is 121 Å². The molecule has 750 valence electrons. The standard InChI is InChI=1S/C38H40N4O9.C38H41N3O6.C38H43N3O5/c1-21-15-23-11-13-39(2)29-16-22-7-9-25(10-8-22)50-33-18-24(28(41(43)44)20-32(33)47-4)17-30-34-26(12-14-40(30)3)35(42(45)46)37(48-5)38(49-6)36(34)51-31(21)19-27(23)29;1-22-15-24-11-13-40(2)30-16-23-7-9-27(10-8-23)46-34-19-26(29(39-42)21-33(34)43-4)17-31-36-25(12-14-41(31)3)18-35(44-5)37(45-6)38(36)47-32(22)20-28(24)30;1-22-15-24-11-13-40(2)30-16-23-7-9-27(10-8-23)45-34-19-26(29(39)21-33(34)42-4)17-31-36-25(12-14-41(31)3)18-35(43-5)37(44-6)38(36)46-32(22)20-28(24)30/h7-10,15,18-20,29-30H,11-14,16-17H2,1-6H3;7-10,15,18-21,30-31H,11-14,16-17H2,1-6H3;7-10,15,18-21,30-31H,11-14,16-17,39H2,1-6H3/t29-,30-;2*30-,31-/m000/s1. The Bertz CT molecular complexity index is 6980. The summed E-state index contributed by atoms with van der Waals surface area (Å²) < 4.78 is 92.6. The van der Waals surface area contributed by atoms with Gasteiger partial charge in [-0.3, -0.25) is 49.6 Å². The lowest BCUT2D eigenvalue weighted by atomic mass is 9.85. The van der Waals surface area contributed by atoms with Crippen molar-refractivity contribution >= 4 is 22.7 Å². The third-order valence-corrected chi connectivity index (χ3v) is 30.6. The molecular formula is C114H124N10O20. The lowest BCUT2D eigenvalue weighted by Crippen LogP contribution is -2.34. The second-order valence-corrected chi connectivity index (χ2v) is 38.9. The summed E-state index contributed by atoms with van der Waals surface area (Å²) in [5.74, 6) is 11.0. The Morgan fingerprint density at radius 3 is 1.03 bits per heavy atom. The summed E-state index contributed by atoms with van der Waals surface area (Å²) in [6, 6.07) is 52.0. The number of rotatable bonds is 12. The zero-order chi connectivity index (χ0) is 101. The molecule has 0 spiro atoms. The van der Waals surface area contributed by atoms with Gasteiger partial charge in [0.1, 0.15) is 40.2 Å². The van der Waals surface area contributed by atoms with Crippen LogP contribution in [0.2, 0.25) is 0 Å². The minimum absolute atomic E-state index is 0.0379. The van der Waals surface area contributed by atoms with Crippen molar-refractivity contribution in [2.75, 3.05) is 151 Å². The number of nitrogens with zero attached hydrogens (tertiary/aromatic N) is 9. The van der Waals surface area contributed by atoms with Crippen LogP contribution in [0.3, 0.4) is 0 Å². The maximum Gasteiger partial charge on any atom is 0.318 e. The minimum atomic E-state index is -0.600. The highest BCUT2D eigenvalue weighted by atomic mass is 16.6. The number of nitrogens with two attached hydrogens (primary N) is 1. The second-order valence-electron chi connectivity index (χ2n) is 38.9. The summed E-state index contributed by atoms with van der Waals surface area (Å²) in [5.41, 5.74) is 29.0. The van der Waals surface area contributed by atoms with Gasteiger partial charge >= 0.3 is 5.69 Å². The number of benzene rings is 12. The first kappa shape index (κ1) is 98.4. The SMILES string of the molecule is COc1cc(N)c2cc1Oc1ccc(cc1)C[C@H]1c3cc(c(C)cc3CCN1C)Oc1c(OC)c(OC)cc3c1[C@H](C2)N(C)CC3.COc1cc(N=O)c2cc1Oc1ccc(cc1)C[C@H]1c3cc(c(C)cc3CCN1C)Oc1c(OC)c(OC)cc3c1[C@H](C2)N(C)CC3.COc1cc([N+](=O)[O-])c2cc1Oc1ccc(cc1)C[C@H]1c3cc(c(C)cc3CCN1C)Oc1c(OC)c(OC)c([N+](=O)[O-])c3c1[C@H](C2)N(C)CC3. The fourth-order valence-corrected chi connectivity index (χ4v) is 22.6. The van der Waals surface area contributed by atoms with E-state index in [2.05, 4.69) is 152 Å². The van der Waals surface area contributed by atoms with E-state index in [-0.39, 0.29) is 71.0 Å². The van der Waals surface area contributed by atoms with Crippen molar-refractivity contribution in [3.63, 3.8) is 0 Å². The molecule has 12 heterocycles. The molecule has 0 fully saturated rings. The van der Waals surface area contributed by atoms with Gasteiger partial charge in [-0.2, -0.15) is 0 Å². The van der Waals surface area contributed by atoms with Crippen LogP contribution >= 0.6 is 0 Å². The first-order valence-electron chi connectivity index (χ1n) is 48.9. The summed E-state index contributed by atoms with van der Waals surface area (Å²) in [7, 11) is 26.8. The van der Waals surface area contributed by atoms with Gasteiger partial charge in [0.05, 0.1) is 79.9 Å². The molecule has 12 aliphatic rings. The average molecular weight is 1950 g/mol. The van der Waals surface area contributed by atoms with Crippen molar-refractivity contribution in [2.24, 2.45) is 5.18 Å². The quantitative estimate of drug-likeness (QED) is 0.0514. The maximum atomic E-state index is 12.8. The van der Waals surface area contributed by atoms with Crippen LogP contribution in [-0.2, 0) is 77.0 Å². The van der Waals surface area contributed by atoms with Crippen LogP contribution in [0.15, 0.2) is 163 Å². The number of nitroso groups, excluding NO2 is 1. The summed E-state index contributed by atoms with van der Waals surface area (Å²) in [6.07, 6.45) is 8.49. The number of methoxy groups -OCH3 is 9. The van der Waals surface area contributed by atoms with E-state index in [0.29, 0.717) is 134 Å². The average Bonchev–Trinajstić information content (AvgIpc) is 0.757. The topological polar surface area (TPSA) is 300 Å². The smallest absolute Gasteiger partial charge is 0.318 e. The number of nitro groups is 2. The van der Waals surface area contributed by atoms with E-state index in [1.165, 1.54) is 71.9 Å². The molecule has 12 aromatic rings. The Labute approximate surface area is 839 Å². The van der Waals surface area contributed by atoms with Crippen LogP contribution in [0, 0.1) is 45.9 Å². The Morgan fingerprint density at radius 2 is 0.653 bits per heavy atom. The van der Waals surface area contributed by atoms with Crippen LogP contribution in [0.1, 0.15) is 153 Å². The fourth-order valence-electron chi connectivity index (χ4n) is 22.6. The predicted molar refractivity (Wildman–Crippen MR) is 551 cm³/mol. The largest absolute Gasteiger partial charge is 0.493 e. The highest BCUT2D eigenvalue weighted by Crippen LogP contribution is 2.60. The fraction of sp³-hybridized carbons (Fsp3) is 0.368. The number of ether oxygens (including phenoxy) is 15. The molecular weight excluding hydrogens is 1830 g/mol. The Hall–Kier alpha value is -14.4. The molecule has 144 heavy (non-hydrogen) atoms. The van der Waals surface area contributed by atoms with Crippen LogP contribution in [0.4, 0.5) is 22.7 Å². The Balaban J connectivity index is 0.000000137. The van der Waals surface area contributed by atoms with Gasteiger partial charge in [-0.15, -0.1) is 4.91 Å². The molecule has 0 saturated heterocycles. The number of aryl methyl sites for hydroxylation is 3. The van der Waals surface area contributed by atoms with Crippen LogP contribution < -0.4 is 76.8 Å². The summed E-state index contributed by atoms with van der Waals surface area (Å²) in [4.78, 5) is 50.5. The zero-order valence-corrected chi connectivity index (χ0v) is 85.0. The molecule has 12 aliphatic heterocycles. The lowest BCUT2D eigenvalue weighted by Gasteiger charge is -2.37. The van der Waals surface area contributed by atoms with E-state index in [1.54, 1.807) is 54.8 Å². The van der Waals surface area contributed by atoms with E-state index >= 15 is 0 Å². The number of hydrogen-bond acceptors (Lipinski definition) is 28. The molecule has 0 unspecified atom stereocenters. The zero-order valence-electron chi connectivity index (χ0n) is 85.0. The van der Waals surface area contributed by atoms with Gasteiger partial charge in [0.25, 0.3) is 5.69 Å². The molecule has 2 N–H and O–H groups in total. The van der Waals surface area contributed by atoms with Crippen molar-refractivity contribution in [3.05, 3.63) is 300 Å². The number of hydrogen-bond donors (Lipinski definition) is 1. The molecule has 0 aromatic heterocycles. The predicted octanol–water partition coefficient (Wildman–Crippen LogP) is 22.2. The number of likely N-dealkylation sites (N-methyl/N-ethyl adjacent to an activating group) is 6. The van der Waals surface area contributed by atoms with Gasteiger partial charge in [0.15, 0.2) is 63.2 Å². The molecule has 30 heteroatoms. The minimum Gasteiger partial charge on any atom is -0.493 e. The monoisotopic (exact) mass is 1950 g/mol. The molecule has 0 saturated carbocycles. The molecule has 6 atom stereocenters. The van der Waals surface area contributed by atoms with Gasteiger partial charge in [-0.05, 0) is 319 Å². The van der Waals surface area contributed by atoms with Gasteiger partial charge in [-0.25, -0.2) is 0 Å². The van der Waals surface area contributed by atoms with Crippen molar-refractivity contribution in [3.8, 4) is 121 Å². The van der Waals surface area contributed by atoms with Gasteiger partial charge < -0.3 is 76.8 Å². The van der Waals surface area contributed by atoms with E-state index in [9.17, 15) is 25.1 Å². The molecule has 24 rings (SSSR count). The first-order chi connectivity index (χ1) is 69.6. The Kier molecular flexibility index (Phi) is 28.1. The normalized spacial score (nSPS) is 18.9. The molecule has 0 aliphatic carbocycles. The molecule has 0 radical (unpaired) electrons. The number of anilines is 1. The molecule has 30 nitrogen and oxygen atoms in total. The second kappa shape index (κ2) is 41.1. The maximum absolute atomic E-state index is 12.8. The molecule has 0 amide bonds. The van der Waals surface area contributed by atoms with Crippen LogP contribution in [-0.4, -0.2) is 185 Å². The number of nitrogen functional groups attached to an aromatic ring is 1. The number of fused-ring (bicyclic) bond motifs is 6. The summed E-state index contributed by atoms with van der Waals surface area (Å²) in [5, 5.41) is 28.7. The van der Waals surface area contributed by atoms with E-state index in [0.717, 1.165) is 157 Å². The lowest BCUT2D eigenvalue weighted by molar-refractivity contribution is -0.386. The van der Waals surface area contributed by atoms with Crippen molar-refractivity contribution in [1.82, 2.24) is 29.4 Å². The van der Waals surface area contributed by atoms with Crippen molar-refractivity contribution in [2.45, 2.75) is 134 Å². The third kappa shape index (κ3) is 18.8. The van der Waals surface area contributed by atoms with Gasteiger partial charge in [0.2, 0.25) is 23.0 Å². The van der Waals surface area contributed by atoms with Crippen LogP contribution in [0.5, 0.6) is 121 Å². The first-order valence-corrected chi connectivity index (χ1v) is 48.9. The summed E-state index contributed by atoms with van der Waals surface area (Å²) in [6.45, 7) is 11.3. The van der Waals surface area contributed by atoms with E-state index in [4.69, 9.17) is 76.8 Å². The van der Waals surface area contributed by atoms with E-state index in [1.807, 2.05) is 85.6 Å².